The number of rotatable bonds is 4. The fourth-order valence-electron chi connectivity index (χ4n) is 2.90. The smallest absolute Gasteiger partial charge is 0.159 e. The van der Waals surface area contributed by atoms with Crippen LogP contribution in [0.2, 0.25) is 0 Å². The van der Waals surface area contributed by atoms with Gasteiger partial charge in [-0.1, -0.05) is 25.8 Å². The van der Waals surface area contributed by atoms with Crippen LogP contribution in [0.1, 0.15) is 44.6 Å². The summed E-state index contributed by atoms with van der Waals surface area (Å²) in [6, 6.07) is 3.71. The number of halogens is 2. The largest absolute Gasteiger partial charge is 0.299 e. The molecule has 1 aromatic rings. The maximum atomic E-state index is 13.1. The van der Waals surface area contributed by atoms with Crippen molar-refractivity contribution in [3.8, 4) is 0 Å². The molecule has 1 nitrogen and oxygen atoms in total. The monoisotopic (exact) mass is 252 g/mol. The molecule has 0 heterocycles. The first-order valence-corrected chi connectivity index (χ1v) is 6.54. The highest BCUT2D eigenvalue weighted by molar-refractivity contribution is 5.87. The predicted octanol–water partition coefficient (Wildman–Crippen LogP) is 4.05. The van der Waals surface area contributed by atoms with Crippen molar-refractivity contribution in [2.75, 3.05) is 0 Å². The summed E-state index contributed by atoms with van der Waals surface area (Å²) in [6.45, 7) is 2.04. The topological polar surface area (TPSA) is 17.1 Å². The molecular weight excluding hydrogens is 234 g/mol. The maximum Gasteiger partial charge on any atom is 0.159 e. The van der Waals surface area contributed by atoms with Gasteiger partial charge in [0.1, 0.15) is 5.78 Å². The molecule has 1 aliphatic rings. The van der Waals surface area contributed by atoms with Gasteiger partial charge >= 0.3 is 0 Å². The van der Waals surface area contributed by atoms with E-state index in [1.54, 1.807) is 0 Å². The number of Topliss-reactive ketones (excluding diaryl/α,β-unsaturated/α-hetero) is 1. The van der Waals surface area contributed by atoms with Crippen LogP contribution in [0.5, 0.6) is 0 Å². The Morgan fingerprint density at radius 3 is 2.44 bits per heavy atom. The van der Waals surface area contributed by atoms with Crippen LogP contribution in [0.3, 0.4) is 0 Å². The second kappa shape index (κ2) is 5.17. The van der Waals surface area contributed by atoms with E-state index in [0.717, 1.165) is 44.2 Å². The Labute approximate surface area is 106 Å². The van der Waals surface area contributed by atoms with Gasteiger partial charge in [-0.25, -0.2) is 8.78 Å². The van der Waals surface area contributed by atoms with Gasteiger partial charge in [0, 0.05) is 11.8 Å². The Balaban J connectivity index is 2.13. The maximum absolute atomic E-state index is 13.1. The van der Waals surface area contributed by atoms with Crippen molar-refractivity contribution in [2.24, 2.45) is 5.41 Å². The molecule has 0 aromatic heterocycles. The van der Waals surface area contributed by atoms with Crippen molar-refractivity contribution in [3.05, 3.63) is 35.4 Å². The van der Waals surface area contributed by atoms with E-state index in [0.29, 0.717) is 5.56 Å². The number of hydrogen-bond acceptors (Lipinski definition) is 1. The molecule has 0 bridgehead atoms. The van der Waals surface area contributed by atoms with Gasteiger partial charge in [0.05, 0.1) is 0 Å². The first-order valence-electron chi connectivity index (χ1n) is 6.54. The molecule has 0 atom stereocenters. The van der Waals surface area contributed by atoms with Crippen molar-refractivity contribution < 1.29 is 13.6 Å². The lowest BCUT2D eigenvalue weighted by Crippen LogP contribution is -2.28. The zero-order valence-corrected chi connectivity index (χ0v) is 10.6. The Kier molecular flexibility index (Phi) is 3.79. The third-order valence-electron chi connectivity index (χ3n) is 4.18. The highest BCUT2D eigenvalue weighted by atomic mass is 19.2. The molecule has 1 aromatic carbocycles. The Morgan fingerprint density at radius 2 is 1.89 bits per heavy atom. The molecule has 2 rings (SSSR count). The molecule has 0 spiro atoms. The van der Waals surface area contributed by atoms with Gasteiger partial charge in [0.2, 0.25) is 0 Å². The normalized spacial score (nSPS) is 17.9. The zero-order chi connectivity index (χ0) is 13.2. The lowest BCUT2D eigenvalue weighted by Gasteiger charge is -2.25. The Hall–Kier alpha value is -1.25. The third kappa shape index (κ3) is 2.45. The van der Waals surface area contributed by atoms with E-state index in [1.807, 2.05) is 6.92 Å². The van der Waals surface area contributed by atoms with E-state index < -0.39 is 11.6 Å². The van der Waals surface area contributed by atoms with Crippen LogP contribution in [-0.2, 0) is 11.2 Å². The van der Waals surface area contributed by atoms with Gasteiger partial charge in [-0.05, 0) is 37.0 Å². The Morgan fingerprint density at radius 1 is 1.22 bits per heavy atom. The lowest BCUT2D eigenvalue weighted by atomic mass is 9.77. The lowest BCUT2D eigenvalue weighted by molar-refractivity contribution is -0.128. The molecule has 18 heavy (non-hydrogen) atoms. The molecule has 0 N–H and O–H groups in total. The standard InChI is InChI=1S/C15H18F2O/c1-2-15(7-3-4-8-15)14(18)10-11-5-6-12(16)13(17)9-11/h5-6,9H,2-4,7-8,10H2,1H3. The van der Waals surface area contributed by atoms with Crippen molar-refractivity contribution in [3.63, 3.8) is 0 Å². The quantitative estimate of drug-likeness (QED) is 0.790. The van der Waals surface area contributed by atoms with E-state index in [1.165, 1.54) is 6.07 Å². The van der Waals surface area contributed by atoms with Gasteiger partial charge in [0.15, 0.2) is 11.6 Å². The minimum absolute atomic E-state index is 0.175. The average Bonchev–Trinajstić information content (AvgIpc) is 2.84. The molecule has 1 saturated carbocycles. The van der Waals surface area contributed by atoms with E-state index in [-0.39, 0.29) is 17.6 Å². The summed E-state index contributed by atoms with van der Waals surface area (Å²) in [4.78, 5) is 12.3. The average molecular weight is 252 g/mol. The van der Waals surface area contributed by atoms with Crippen LogP contribution in [0, 0.1) is 17.0 Å². The SMILES string of the molecule is CCC1(C(=O)Cc2ccc(F)c(F)c2)CCCC1. The van der Waals surface area contributed by atoms with Crippen LogP contribution in [0.4, 0.5) is 8.78 Å². The summed E-state index contributed by atoms with van der Waals surface area (Å²) < 4.78 is 25.9. The summed E-state index contributed by atoms with van der Waals surface area (Å²) >= 11 is 0. The molecule has 0 aliphatic heterocycles. The number of carbonyl (C=O) groups excluding carboxylic acids is 1. The molecule has 0 unspecified atom stereocenters. The second-order valence-electron chi connectivity index (χ2n) is 5.19. The van der Waals surface area contributed by atoms with Crippen LogP contribution >= 0.6 is 0 Å². The zero-order valence-electron chi connectivity index (χ0n) is 10.6. The van der Waals surface area contributed by atoms with Crippen molar-refractivity contribution in [1.82, 2.24) is 0 Å². The summed E-state index contributed by atoms with van der Waals surface area (Å²) in [7, 11) is 0. The van der Waals surface area contributed by atoms with Crippen LogP contribution in [-0.4, -0.2) is 5.78 Å². The first kappa shape index (κ1) is 13.2. The first-order chi connectivity index (χ1) is 8.57. The van der Waals surface area contributed by atoms with Gasteiger partial charge in [-0.3, -0.25) is 4.79 Å². The van der Waals surface area contributed by atoms with E-state index in [4.69, 9.17) is 0 Å². The summed E-state index contributed by atoms with van der Waals surface area (Å²) in [5.41, 5.74) is 0.351. The minimum atomic E-state index is -0.878. The molecule has 3 heteroatoms. The minimum Gasteiger partial charge on any atom is -0.299 e. The molecule has 98 valence electrons. The summed E-state index contributed by atoms with van der Waals surface area (Å²) in [5.74, 6) is -1.57. The number of hydrogen-bond donors (Lipinski definition) is 0. The van der Waals surface area contributed by atoms with Gasteiger partial charge in [-0.2, -0.15) is 0 Å². The van der Waals surface area contributed by atoms with Crippen LogP contribution < -0.4 is 0 Å². The molecular formula is C15H18F2O. The van der Waals surface area contributed by atoms with E-state index in [2.05, 4.69) is 0 Å². The van der Waals surface area contributed by atoms with Crippen LogP contribution in [0.15, 0.2) is 18.2 Å². The third-order valence-corrected chi connectivity index (χ3v) is 4.18. The van der Waals surface area contributed by atoms with Gasteiger partial charge < -0.3 is 0 Å². The second-order valence-corrected chi connectivity index (χ2v) is 5.19. The molecule has 0 amide bonds. The van der Waals surface area contributed by atoms with Crippen molar-refractivity contribution in [2.45, 2.75) is 45.4 Å². The van der Waals surface area contributed by atoms with Crippen molar-refractivity contribution in [1.29, 1.82) is 0 Å². The van der Waals surface area contributed by atoms with E-state index in [9.17, 15) is 13.6 Å². The Bertz CT molecular complexity index is 448. The molecule has 0 radical (unpaired) electrons. The van der Waals surface area contributed by atoms with Crippen molar-refractivity contribution >= 4 is 5.78 Å². The highest BCUT2D eigenvalue weighted by Gasteiger charge is 2.38. The number of benzene rings is 1. The van der Waals surface area contributed by atoms with Crippen LogP contribution in [0.25, 0.3) is 0 Å². The molecule has 1 aliphatic carbocycles. The number of carbonyl (C=O) groups is 1. The fourth-order valence-corrected chi connectivity index (χ4v) is 2.90. The molecule has 1 fully saturated rings. The molecule has 0 saturated heterocycles. The van der Waals surface area contributed by atoms with E-state index >= 15 is 0 Å². The van der Waals surface area contributed by atoms with Gasteiger partial charge in [0.25, 0.3) is 0 Å². The van der Waals surface area contributed by atoms with Gasteiger partial charge in [-0.15, -0.1) is 0 Å². The summed E-state index contributed by atoms with van der Waals surface area (Å²) in [6.07, 6.45) is 5.12. The number of ketones is 1. The predicted molar refractivity (Wildman–Crippen MR) is 66.3 cm³/mol. The fraction of sp³-hybridized carbons (Fsp3) is 0.533. The summed E-state index contributed by atoms with van der Waals surface area (Å²) in [5, 5.41) is 0. The highest BCUT2D eigenvalue weighted by Crippen LogP contribution is 2.42.